The molecule has 0 spiro atoms. The van der Waals surface area contributed by atoms with E-state index in [-0.39, 0.29) is 5.76 Å². The lowest BCUT2D eigenvalue weighted by molar-refractivity contribution is -0.125. The van der Waals surface area contributed by atoms with E-state index < -0.39 is 35.5 Å². The van der Waals surface area contributed by atoms with Crippen LogP contribution >= 0.6 is 11.8 Å². The summed E-state index contributed by atoms with van der Waals surface area (Å²) < 4.78 is 20.4. The number of rotatable bonds is 8. The fraction of sp³-hybridized carbons (Fsp3) is 0.350. The Labute approximate surface area is 188 Å². The van der Waals surface area contributed by atoms with E-state index in [2.05, 4.69) is 20.7 Å². The molecule has 1 fully saturated rings. The summed E-state index contributed by atoms with van der Waals surface area (Å²) in [5.41, 5.74) is 5.86. The standard InChI is InChI=1S/C20H24N4O7S/c1-28-12-6-4-10(8-14(12)29-2)17(25)22-15-16(21)23-20(24-18(15)26)32-9-11-5-7-13(31-11)19(27)30-3/h4-8,15-16,20,23H,9,21H2,1-3H3,(H,22,25)(H,24,26). The second kappa shape index (κ2) is 10.4. The number of carbonyl (C=O) groups is 3. The van der Waals surface area contributed by atoms with Crippen LogP contribution in [0.4, 0.5) is 0 Å². The number of carbonyl (C=O) groups excluding carboxylic acids is 3. The number of ether oxygens (including phenoxy) is 3. The smallest absolute Gasteiger partial charge is 0.373 e. The summed E-state index contributed by atoms with van der Waals surface area (Å²) >= 11 is 1.30. The zero-order valence-electron chi connectivity index (χ0n) is 17.7. The molecule has 0 saturated carbocycles. The molecule has 32 heavy (non-hydrogen) atoms. The first-order chi connectivity index (χ1) is 15.4. The molecular weight excluding hydrogens is 440 g/mol. The monoisotopic (exact) mass is 464 g/mol. The molecule has 1 saturated heterocycles. The van der Waals surface area contributed by atoms with Crippen molar-refractivity contribution in [3.05, 3.63) is 47.4 Å². The van der Waals surface area contributed by atoms with Crippen molar-refractivity contribution in [2.24, 2.45) is 5.73 Å². The van der Waals surface area contributed by atoms with E-state index in [0.29, 0.717) is 28.6 Å². The highest BCUT2D eigenvalue weighted by Crippen LogP contribution is 2.27. The number of hydrogen-bond acceptors (Lipinski definition) is 10. The zero-order valence-corrected chi connectivity index (χ0v) is 18.5. The van der Waals surface area contributed by atoms with E-state index in [1.54, 1.807) is 18.2 Å². The molecule has 11 nitrogen and oxygen atoms in total. The van der Waals surface area contributed by atoms with Crippen LogP contribution in [0, 0.1) is 0 Å². The van der Waals surface area contributed by atoms with Crippen LogP contribution in [-0.4, -0.2) is 56.8 Å². The fourth-order valence-corrected chi connectivity index (χ4v) is 3.91. The van der Waals surface area contributed by atoms with Crippen LogP contribution in [0.5, 0.6) is 11.5 Å². The average Bonchev–Trinajstić information content (AvgIpc) is 3.28. The van der Waals surface area contributed by atoms with Gasteiger partial charge in [-0.25, -0.2) is 4.79 Å². The van der Waals surface area contributed by atoms with Gasteiger partial charge in [0, 0.05) is 5.56 Å². The van der Waals surface area contributed by atoms with E-state index in [1.807, 2.05) is 0 Å². The third kappa shape index (κ3) is 5.33. The summed E-state index contributed by atoms with van der Waals surface area (Å²) in [6.07, 6.45) is -0.826. The van der Waals surface area contributed by atoms with Gasteiger partial charge in [0.2, 0.25) is 11.7 Å². The van der Waals surface area contributed by atoms with Gasteiger partial charge in [0.1, 0.15) is 17.3 Å². The fourth-order valence-electron chi connectivity index (χ4n) is 2.97. The van der Waals surface area contributed by atoms with Crippen molar-refractivity contribution in [2.75, 3.05) is 21.3 Å². The molecule has 3 rings (SSSR count). The highest BCUT2D eigenvalue weighted by molar-refractivity contribution is 7.99. The third-order valence-electron chi connectivity index (χ3n) is 4.63. The van der Waals surface area contributed by atoms with Gasteiger partial charge in [0.25, 0.3) is 5.91 Å². The largest absolute Gasteiger partial charge is 0.493 e. The number of esters is 1. The van der Waals surface area contributed by atoms with Crippen molar-refractivity contribution < 1.29 is 33.0 Å². The Balaban J connectivity index is 1.56. The lowest BCUT2D eigenvalue weighted by Gasteiger charge is -2.35. The van der Waals surface area contributed by atoms with Crippen molar-refractivity contribution in [3.63, 3.8) is 0 Å². The number of furan rings is 1. The molecule has 172 valence electrons. The number of benzene rings is 1. The van der Waals surface area contributed by atoms with Crippen molar-refractivity contribution in [3.8, 4) is 11.5 Å². The average molecular weight is 465 g/mol. The summed E-state index contributed by atoms with van der Waals surface area (Å²) in [4.78, 5) is 36.6. The molecule has 3 atom stereocenters. The number of thioether (sulfide) groups is 1. The van der Waals surface area contributed by atoms with E-state index in [0.717, 1.165) is 0 Å². The van der Waals surface area contributed by atoms with Crippen LogP contribution in [0.2, 0.25) is 0 Å². The molecular formula is C20H24N4O7S. The van der Waals surface area contributed by atoms with Crippen molar-refractivity contribution in [1.29, 1.82) is 0 Å². The molecule has 2 heterocycles. The van der Waals surface area contributed by atoms with Crippen molar-refractivity contribution in [2.45, 2.75) is 23.5 Å². The lowest BCUT2D eigenvalue weighted by Crippen LogP contribution is -2.70. The van der Waals surface area contributed by atoms with E-state index in [1.165, 1.54) is 45.2 Å². The Hall–Kier alpha value is -3.22. The Bertz CT molecular complexity index is 996. The van der Waals surface area contributed by atoms with Gasteiger partial charge in [-0.1, -0.05) is 0 Å². The maximum atomic E-state index is 12.6. The molecule has 0 aliphatic carbocycles. The highest BCUT2D eigenvalue weighted by atomic mass is 32.2. The summed E-state index contributed by atoms with van der Waals surface area (Å²) in [5.74, 6) is 0.373. The Morgan fingerprint density at radius 2 is 1.91 bits per heavy atom. The minimum Gasteiger partial charge on any atom is -0.493 e. The number of nitrogens with two attached hydrogens (primary N) is 1. The second-order valence-corrected chi connectivity index (χ2v) is 7.76. The van der Waals surface area contributed by atoms with Gasteiger partial charge in [0.15, 0.2) is 11.5 Å². The molecule has 0 bridgehead atoms. The van der Waals surface area contributed by atoms with Gasteiger partial charge in [-0.05, 0) is 30.3 Å². The first-order valence-electron chi connectivity index (χ1n) is 9.49. The first kappa shape index (κ1) is 23.4. The Morgan fingerprint density at radius 1 is 1.16 bits per heavy atom. The molecule has 5 N–H and O–H groups in total. The molecule has 0 radical (unpaired) electrons. The van der Waals surface area contributed by atoms with E-state index in [4.69, 9.17) is 19.6 Å². The van der Waals surface area contributed by atoms with Gasteiger partial charge in [-0.2, -0.15) is 0 Å². The summed E-state index contributed by atoms with van der Waals surface area (Å²) in [6, 6.07) is 6.84. The molecule has 1 aromatic carbocycles. The van der Waals surface area contributed by atoms with Crippen molar-refractivity contribution >= 4 is 29.5 Å². The number of methoxy groups -OCH3 is 3. The topological polar surface area (TPSA) is 154 Å². The normalized spacial score (nSPS) is 20.2. The van der Waals surface area contributed by atoms with Gasteiger partial charge in [-0.15, -0.1) is 11.8 Å². The second-order valence-electron chi connectivity index (χ2n) is 6.67. The summed E-state index contributed by atoms with van der Waals surface area (Å²) in [6.45, 7) is 0. The van der Waals surface area contributed by atoms with Gasteiger partial charge >= 0.3 is 5.97 Å². The van der Waals surface area contributed by atoms with Gasteiger partial charge in [0.05, 0.1) is 33.2 Å². The highest BCUT2D eigenvalue weighted by Gasteiger charge is 2.35. The third-order valence-corrected chi connectivity index (χ3v) is 5.67. The predicted molar refractivity (Wildman–Crippen MR) is 115 cm³/mol. The first-order valence-corrected chi connectivity index (χ1v) is 10.5. The van der Waals surface area contributed by atoms with Crippen molar-refractivity contribution in [1.82, 2.24) is 16.0 Å². The Kier molecular flexibility index (Phi) is 7.62. The maximum absolute atomic E-state index is 12.6. The van der Waals surface area contributed by atoms with Gasteiger partial charge < -0.3 is 35.0 Å². The molecule has 3 unspecified atom stereocenters. The number of nitrogens with one attached hydrogen (secondary N) is 3. The van der Waals surface area contributed by atoms with Crippen LogP contribution < -0.4 is 31.2 Å². The van der Waals surface area contributed by atoms with Crippen LogP contribution in [0.1, 0.15) is 26.7 Å². The number of hydrogen-bond donors (Lipinski definition) is 4. The molecule has 12 heteroatoms. The Morgan fingerprint density at radius 3 is 2.56 bits per heavy atom. The van der Waals surface area contributed by atoms with Crippen LogP contribution in [0.3, 0.4) is 0 Å². The lowest BCUT2D eigenvalue weighted by atomic mass is 10.1. The van der Waals surface area contributed by atoms with Crippen LogP contribution in [-0.2, 0) is 15.3 Å². The quantitative estimate of drug-likeness (QED) is 0.404. The summed E-state index contributed by atoms with van der Waals surface area (Å²) in [5, 5.41) is 8.39. The zero-order chi connectivity index (χ0) is 23.3. The summed E-state index contributed by atoms with van der Waals surface area (Å²) in [7, 11) is 4.22. The SMILES string of the molecule is COC(=O)c1ccc(CSC2NC(=O)C(NC(=O)c3ccc(OC)c(OC)c3)C(N)N2)o1. The minimum atomic E-state index is -0.984. The van der Waals surface area contributed by atoms with E-state index >= 15 is 0 Å². The molecule has 1 aliphatic rings. The van der Waals surface area contributed by atoms with Gasteiger partial charge in [-0.3, -0.25) is 14.9 Å². The molecule has 1 aromatic heterocycles. The minimum absolute atomic E-state index is 0.0957. The van der Waals surface area contributed by atoms with E-state index in [9.17, 15) is 14.4 Å². The molecule has 2 amide bonds. The maximum Gasteiger partial charge on any atom is 0.373 e. The molecule has 2 aromatic rings. The van der Waals surface area contributed by atoms with Crippen LogP contribution in [0.15, 0.2) is 34.7 Å². The predicted octanol–water partition coefficient (Wildman–Crippen LogP) is 0.403. The molecule has 1 aliphatic heterocycles. The van der Waals surface area contributed by atoms with Crippen LogP contribution in [0.25, 0.3) is 0 Å². The number of amides is 2.